The zero-order valence-corrected chi connectivity index (χ0v) is 27.6. The molecule has 6 rings (SSSR count). The van der Waals surface area contributed by atoms with E-state index in [9.17, 15) is 24.0 Å². The highest BCUT2D eigenvalue weighted by atomic mass is 19.1. The van der Waals surface area contributed by atoms with E-state index in [2.05, 4.69) is 48.7 Å². The number of rotatable bonds is 10. The van der Waals surface area contributed by atoms with Gasteiger partial charge in [0.2, 0.25) is 5.91 Å². The Bertz CT molecular complexity index is 1800. The van der Waals surface area contributed by atoms with Crippen molar-refractivity contribution < 1.29 is 18.8 Å². The van der Waals surface area contributed by atoms with E-state index < -0.39 is 11.5 Å². The van der Waals surface area contributed by atoms with Crippen LogP contribution < -0.4 is 16.0 Å². The van der Waals surface area contributed by atoms with Crippen molar-refractivity contribution in [2.24, 2.45) is 11.8 Å². The number of allylic oxidation sites excluding steroid dienone is 2. The molecule has 1 aromatic heterocycles. The number of amides is 3. The topological polar surface area (TPSA) is 169 Å². The number of aromatic amines is 1. The summed E-state index contributed by atoms with van der Waals surface area (Å²) in [6.07, 6.45) is 9.47. The summed E-state index contributed by atoms with van der Waals surface area (Å²) in [7, 11) is 3.19. The summed E-state index contributed by atoms with van der Waals surface area (Å²) in [4.78, 5) is 40.7. The quantitative estimate of drug-likeness (QED) is 0.256. The van der Waals surface area contributed by atoms with E-state index in [1.807, 2.05) is 24.3 Å². The van der Waals surface area contributed by atoms with Crippen LogP contribution >= 0.6 is 0 Å². The van der Waals surface area contributed by atoms with Crippen molar-refractivity contribution in [2.75, 3.05) is 27.2 Å². The van der Waals surface area contributed by atoms with E-state index >= 15 is 0 Å². The number of carbonyl (C=O) groups is 3. The van der Waals surface area contributed by atoms with E-state index in [1.54, 1.807) is 37.2 Å². The SMILES string of the molecule is CNC(=O)C1=CC2CCc3cc(C(=O)NC)ccc3C(C[C@H](Cc3ccc(F)cc3)NCC(=O)N3CCCC3C#N)(c3nn[nH]n3)C2C=C1. The molecule has 254 valence electrons. The van der Waals surface area contributed by atoms with Gasteiger partial charge in [-0.2, -0.15) is 10.5 Å². The summed E-state index contributed by atoms with van der Waals surface area (Å²) in [5.74, 6) is -0.797. The molecule has 5 atom stereocenters. The van der Waals surface area contributed by atoms with Crippen molar-refractivity contribution in [3.8, 4) is 6.07 Å². The maximum atomic E-state index is 14.0. The minimum atomic E-state index is -0.935. The number of aryl methyl sites for hydroxylation is 1. The molecule has 4 unspecified atom stereocenters. The fourth-order valence-corrected chi connectivity index (χ4v) is 7.85. The summed E-state index contributed by atoms with van der Waals surface area (Å²) in [5, 5.41) is 34.4. The Kier molecular flexibility index (Phi) is 9.96. The molecule has 0 bridgehead atoms. The summed E-state index contributed by atoms with van der Waals surface area (Å²) < 4.78 is 14.0. The molecule has 2 heterocycles. The van der Waals surface area contributed by atoms with E-state index in [-0.39, 0.29) is 48.0 Å². The Labute approximate surface area is 284 Å². The molecule has 3 aromatic rings. The van der Waals surface area contributed by atoms with Crippen LogP contribution in [0.2, 0.25) is 0 Å². The first-order valence-electron chi connectivity index (χ1n) is 16.7. The minimum absolute atomic E-state index is 0.000508. The molecule has 0 saturated carbocycles. The molecule has 13 heteroatoms. The zero-order chi connectivity index (χ0) is 34.5. The highest BCUT2D eigenvalue weighted by molar-refractivity contribution is 5.96. The van der Waals surface area contributed by atoms with Crippen LogP contribution in [0.1, 0.15) is 58.6 Å². The first-order chi connectivity index (χ1) is 23.8. The maximum Gasteiger partial charge on any atom is 0.251 e. The van der Waals surface area contributed by atoms with Crippen molar-refractivity contribution in [1.29, 1.82) is 5.26 Å². The fourth-order valence-electron chi connectivity index (χ4n) is 7.85. The van der Waals surface area contributed by atoms with Gasteiger partial charge in [0.1, 0.15) is 11.9 Å². The standard InChI is InChI=1S/C36H40FN9O3/c1-39-33(48)25-9-13-30-23(17-25)7-8-24-18-26(34(49)40-2)10-14-31(24)36(30,35-42-44-45-43-35)19-28(16-22-5-11-27(37)12-6-22)41-21-32(47)46-15-3-4-29(46)20-38/h5-6,9-14,17-18,23,28-30,41H,3-4,7-8,15-16,19,21H2,1-2H3,(H,39,48)(H,40,49)(H,42,43,44,45)/t23?,28-,29?,30?,36?/m0/s1. The van der Waals surface area contributed by atoms with Gasteiger partial charge in [0.05, 0.1) is 18.0 Å². The van der Waals surface area contributed by atoms with Crippen LogP contribution in [0.15, 0.2) is 66.3 Å². The molecule has 12 nitrogen and oxygen atoms in total. The van der Waals surface area contributed by atoms with Crippen LogP contribution in [0.5, 0.6) is 0 Å². The molecule has 4 N–H and O–H groups in total. The number of nitriles is 1. The third-order valence-electron chi connectivity index (χ3n) is 10.2. The number of benzene rings is 2. The van der Waals surface area contributed by atoms with Crippen molar-refractivity contribution in [2.45, 2.75) is 56.0 Å². The average molecular weight is 666 g/mol. The molecule has 49 heavy (non-hydrogen) atoms. The number of H-pyrrole nitrogens is 1. The number of likely N-dealkylation sites (tertiary alicyclic amines) is 1. The smallest absolute Gasteiger partial charge is 0.251 e. The fraction of sp³-hybridized carbons (Fsp3) is 0.417. The minimum Gasteiger partial charge on any atom is -0.355 e. The van der Waals surface area contributed by atoms with Gasteiger partial charge in [0, 0.05) is 43.7 Å². The number of carbonyl (C=O) groups excluding carboxylic acids is 3. The van der Waals surface area contributed by atoms with Crippen molar-refractivity contribution in [3.05, 3.63) is 100 Å². The largest absolute Gasteiger partial charge is 0.355 e. The molecule has 3 amide bonds. The zero-order valence-electron chi connectivity index (χ0n) is 27.6. The van der Waals surface area contributed by atoms with Gasteiger partial charge in [-0.15, -0.1) is 10.2 Å². The Morgan fingerprint density at radius 3 is 2.63 bits per heavy atom. The molecule has 0 radical (unpaired) electrons. The number of aromatic nitrogens is 4. The Morgan fingerprint density at radius 2 is 1.92 bits per heavy atom. The van der Waals surface area contributed by atoms with E-state index in [0.717, 1.165) is 23.1 Å². The summed E-state index contributed by atoms with van der Waals surface area (Å²) >= 11 is 0. The van der Waals surface area contributed by atoms with Gasteiger partial charge in [-0.25, -0.2) is 4.39 Å². The number of likely N-dealkylation sites (N-methyl/N-ethyl adjacent to an activating group) is 1. The number of tetrazole rings is 1. The highest BCUT2D eigenvalue weighted by Crippen LogP contribution is 2.52. The third-order valence-corrected chi connectivity index (χ3v) is 10.2. The second-order valence-electron chi connectivity index (χ2n) is 12.9. The van der Waals surface area contributed by atoms with Crippen LogP contribution in [0.4, 0.5) is 4.39 Å². The predicted molar refractivity (Wildman–Crippen MR) is 178 cm³/mol. The second kappa shape index (κ2) is 14.5. The third kappa shape index (κ3) is 6.73. The van der Waals surface area contributed by atoms with E-state index in [1.165, 1.54) is 12.1 Å². The Balaban J connectivity index is 1.47. The predicted octanol–water partition coefficient (Wildman–Crippen LogP) is 2.51. The van der Waals surface area contributed by atoms with Crippen LogP contribution in [-0.4, -0.2) is 82.5 Å². The number of nitrogens with zero attached hydrogens (tertiary/aromatic N) is 5. The van der Waals surface area contributed by atoms with E-state index in [0.29, 0.717) is 55.6 Å². The van der Waals surface area contributed by atoms with Gasteiger partial charge in [-0.1, -0.05) is 41.6 Å². The molecule has 2 aliphatic carbocycles. The first-order valence-corrected chi connectivity index (χ1v) is 16.7. The number of hydrogen-bond donors (Lipinski definition) is 4. The lowest BCUT2D eigenvalue weighted by atomic mass is 9.60. The van der Waals surface area contributed by atoms with Crippen LogP contribution in [0, 0.1) is 29.0 Å². The number of nitrogens with one attached hydrogen (secondary N) is 4. The molecular weight excluding hydrogens is 625 g/mol. The van der Waals surface area contributed by atoms with Crippen molar-refractivity contribution in [3.63, 3.8) is 0 Å². The molecule has 0 spiro atoms. The second-order valence-corrected chi connectivity index (χ2v) is 12.9. The Hall–Kier alpha value is -5.22. The lowest BCUT2D eigenvalue weighted by molar-refractivity contribution is -0.130. The van der Waals surface area contributed by atoms with Gasteiger partial charge in [-0.3, -0.25) is 14.4 Å². The molecule has 1 fully saturated rings. The van der Waals surface area contributed by atoms with Crippen LogP contribution in [0.3, 0.4) is 0 Å². The van der Waals surface area contributed by atoms with Gasteiger partial charge in [0.25, 0.3) is 11.8 Å². The monoisotopic (exact) mass is 665 g/mol. The van der Waals surface area contributed by atoms with Crippen LogP contribution in [0.25, 0.3) is 0 Å². The average Bonchev–Trinajstić information content (AvgIpc) is 3.83. The molecule has 2 aromatic carbocycles. The Morgan fingerprint density at radius 1 is 1.12 bits per heavy atom. The number of hydrogen-bond acceptors (Lipinski definition) is 8. The van der Waals surface area contributed by atoms with Crippen LogP contribution in [-0.2, 0) is 27.8 Å². The summed E-state index contributed by atoms with van der Waals surface area (Å²) in [6, 6.07) is 13.4. The lowest BCUT2D eigenvalue weighted by Gasteiger charge is -2.43. The van der Waals surface area contributed by atoms with Gasteiger partial charge >= 0.3 is 0 Å². The van der Waals surface area contributed by atoms with Gasteiger partial charge in [-0.05, 0) is 85.4 Å². The number of fused-ring (bicyclic) bond motifs is 2. The first kappa shape index (κ1) is 33.7. The number of halogens is 1. The highest BCUT2D eigenvalue weighted by Gasteiger charge is 2.51. The lowest BCUT2D eigenvalue weighted by Crippen LogP contribution is -2.49. The normalized spacial score (nSPS) is 23.3. The molecular formula is C36H40FN9O3. The van der Waals surface area contributed by atoms with Crippen molar-refractivity contribution >= 4 is 17.7 Å². The molecule has 1 aliphatic heterocycles. The summed E-state index contributed by atoms with van der Waals surface area (Å²) in [5.41, 5.74) is 2.90. The molecule has 1 saturated heterocycles. The molecule has 3 aliphatic rings. The van der Waals surface area contributed by atoms with Gasteiger partial charge < -0.3 is 20.9 Å². The van der Waals surface area contributed by atoms with Gasteiger partial charge in [0.15, 0.2) is 5.82 Å². The van der Waals surface area contributed by atoms with Crippen molar-refractivity contribution in [1.82, 2.24) is 41.5 Å². The maximum absolute atomic E-state index is 14.0. The summed E-state index contributed by atoms with van der Waals surface area (Å²) in [6.45, 7) is 0.531. The van der Waals surface area contributed by atoms with E-state index in [4.69, 9.17) is 0 Å².